The van der Waals surface area contributed by atoms with Crippen molar-refractivity contribution in [2.45, 2.75) is 32.9 Å². The van der Waals surface area contributed by atoms with E-state index in [9.17, 15) is 0 Å². The highest BCUT2D eigenvalue weighted by molar-refractivity contribution is 5.38. The Morgan fingerprint density at radius 1 is 1.24 bits per heavy atom. The lowest BCUT2D eigenvalue weighted by molar-refractivity contribution is 0.227. The number of rotatable bonds is 5. The van der Waals surface area contributed by atoms with Gasteiger partial charge >= 0.3 is 0 Å². The smallest absolute Gasteiger partial charge is 0.169 e. The van der Waals surface area contributed by atoms with Crippen molar-refractivity contribution in [3.05, 3.63) is 53.6 Å². The molecule has 110 valence electrons. The molecule has 0 bridgehead atoms. The highest BCUT2D eigenvalue weighted by Crippen LogP contribution is 2.34. The number of hydrogen-bond acceptors (Lipinski definition) is 4. The van der Waals surface area contributed by atoms with Crippen molar-refractivity contribution in [1.82, 2.24) is 15.3 Å². The van der Waals surface area contributed by atoms with E-state index in [2.05, 4.69) is 35.2 Å². The van der Waals surface area contributed by atoms with Gasteiger partial charge in [-0.05, 0) is 24.1 Å². The first kappa shape index (κ1) is 14.0. The molecule has 0 saturated heterocycles. The van der Waals surface area contributed by atoms with Gasteiger partial charge < -0.3 is 10.1 Å². The van der Waals surface area contributed by atoms with Gasteiger partial charge in [-0.1, -0.05) is 32.0 Å². The largest absolute Gasteiger partial charge is 0.482 e. The number of benzene rings is 1. The fourth-order valence-electron chi connectivity index (χ4n) is 2.45. The summed E-state index contributed by atoms with van der Waals surface area (Å²) < 4.78 is 5.90. The molecule has 1 atom stereocenters. The highest BCUT2D eigenvalue weighted by atomic mass is 16.5. The molecular weight excluding hydrogens is 262 g/mol. The molecule has 0 radical (unpaired) electrons. The van der Waals surface area contributed by atoms with E-state index in [0.29, 0.717) is 5.92 Å². The van der Waals surface area contributed by atoms with E-state index in [-0.39, 0.29) is 6.10 Å². The number of hydrogen-bond donors (Lipinski definition) is 1. The molecule has 1 N–H and O–H groups in total. The number of fused-ring (bicyclic) bond motifs is 1. The molecule has 4 heteroatoms. The van der Waals surface area contributed by atoms with Crippen LogP contribution in [0.4, 0.5) is 0 Å². The molecule has 3 rings (SSSR count). The lowest BCUT2D eigenvalue weighted by Crippen LogP contribution is -2.19. The van der Waals surface area contributed by atoms with Crippen molar-refractivity contribution in [2.75, 3.05) is 6.54 Å². The van der Waals surface area contributed by atoms with Crippen LogP contribution in [0.25, 0.3) is 0 Å². The van der Waals surface area contributed by atoms with E-state index in [1.165, 1.54) is 5.56 Å². The van der Waals surface area contributed by atoms with Crippen molar-refractivity contribution in [1.29, 1.82) is 0 Å². The Bertz CT molecular complexity index is 570. The first-order chi connectivity index (χ1) is 10.2. The van der Waals surface area contributed by atoms with Gasteiger partial charge in [-0.2, -0.15) is 0 Å². The summed E-state index contributed by atoms with van der Waals surface area (Å²) >= 11 is 0. The molecule has 0 aliphatic carbocycles. The molecule has 2 aromatic rings. The summed E-state index contributed by atoms with van der Waals surface area (Å²) in [4.78, 5) is 8.93. The van der Waals surface area contributed by atoms with Crippen LogP contribution in [0.15, 0.2) is 36.7 Å². The summed E-state index contributed by atoms with van der Waals surface area (Å²) in [6, 6.07) is 8.12. The lowest BCUT2D eigenvalue weighted by atomic mass is 10.1. The van der Waals surface area contributed by atoms with Gasteiger partial charge in [0.15, 0.2) is 11.9 Å². The van der Waals surface area contributed by atoms with E-state index < -0.39 is 0 Å². The predicted molar refractivity (Wildman–Crippen MR) is 82.1 cm³/mol. The van der Waals surface area contributed by atoms with Crippen LogP contribution in [0.5, 0.6) is 5.75 Å². The second-order valence-electron chi connectivity index (χ2n) is 5.89. The molecule has 1 aromatic heterocycles. The number of ether oxygens (including phenoxy) is 1. The van der Waals surface area contributed by atoms with E-state index in [1.54, 1.807) is 0 Å². The maximum Gasteiger partial charge on any atom is 0.169 e. The summed E-state index contributed by atoms with van der Waals surface area (Å²) in [6.07, 6.45) is 4.57. The van der Waals surface area contributed by atoms with Crippen molar-refractivity contribution in [3.8, 4) is 5.75 Å². The fourth-order valence-corrected chi connectivity index (χ4v) is 2.45. The molecule has 0 fully saturated rings. The highest BCUT2D eigenvalue weighted by Gasteiger charge is 2.25. The van der Waals surface area contributed by atoms with E-state index in [4.69, 9.17) is 4.74 Å². The number of para-hydroxylation sites is 1. The first-order valence-electron chi connectivity index (χ1n) is 7.48. The van der Waals surface area contributed by atoms with Gasteiger partial charge in [0.25, 0.3) is 0 Å². The third-order valence-electron chi connectivity index (χ3n) is 3.54. The van der Waals surface area contributed by atoms with Gasteiger partial charge in [-0.3, -0.25) is 0 Å². The lowest BCUT2D eigenvalue weighted by Gasteiger charge is -2.10. The van der Waals surface area contributed by atoms with Crippen LogP contribution in [-0.4, -0.2) is 16.5 Å². The minimum absolute atomic E-state index is 0.0555. The molecule has 1 unspecified atom stereocenters. The monoisotopic (exact) mass is 283 g/mol. The van der Waals surface area contributed by atoms with E-state index >= 15 is 0 Å². The Balaban J connectivity index is 1.61. The van der Waals surface area contributed by atoms with Crippen LogP contribution in [-0.2, 0) is 13.0 Å². The molecule has 1 aromatic carbocycles. The molecule has 0 spiro atoms. The van der Waals surface area contributed by atoms with Gasteiger partial charge in [0.05, 0.1) is 0 Å². The number of aromatic nitrogens is 2. The minimum Gasteiger partial charge on any atom is -0.482 e. The Morgan fingerprint density at radius 3 is 2.71 bits per heavy atom. The Morgan fingerprint density at radius 2 is 2.00 bits per heavy atom. The topological polar surface area (TPSA) is 47.0 Å². The molecule has 0 saturated carbocycles. The quantitative estimate of drug-likeness (QED) is 0.916. The Labute approximate surface area is 125 Å². The number of nitrogens with one attached hydrogen (secondary N) is 1. The average Bonchev–Trinajstić information content (AvgIpc) is 2.91. The van der Waals surface area contributed by atoms with Crippen LogP contribution >= 0.6 is 0 Å². The van der Waals surface area contributed by atoms with Crippen LogP contribution < -0.4 is 10.1 Å². The van der Waals surface area contributed by atoms with Crippen molar-refractivity contribution >= 4 is 0 Å². The van der Waals surface area contributed by atoms with Crippen molar-refractivity contribution < 1.29 is 4.74 Å². The average molecular weight is 283 g/mol. The summed E-state index contributed by atoms with van der Waals surface area (Å²) in [5.74, 6) is 2.36. The van der Waals surface area contributed by atoms with Crippen molar-refractivity contribution in [3.63, 3.8) is 0 Å². The zero-order valence-corrected chi connectivity index (χ0v) is 12.5. The Hall–Kier alpha value is -1.94. The zero-order valence-electron chi connectivity index (χ0n) is 12.5. The molecule has 4 nitrogen and oxygen atoms in total. The van der Waals surface area contributed by atoms with Gasteiger partial charge in [-0.25, -0.2) is 9.97 Å². The first-order valence-corrected chi connectivity index (χ1v) is 7.48. The van der Waals surface area contributed by atoms with Crippen LogP contribution in [0.3, 0.4) is 0 Å². The zero-order chi connectivity index (χ0) is 14.7. The second-order valence-corrected chi connectivity index (χ2v) is 5.89. The third-order valence-corrected chi connectivity index (χ3v) is 3.54. The molecule has 0 amide bonds. The van der Waals surface area contributed by atoms with Gasteiger partial charge in [0, 0.05) is 30.9 Å². The van der Waals surface area contributed by atoms with Crippen LogP contribution in [0.2, 0.25) is 0 Å². The molecular formula is C17H21N3O. The molecule has 1 aliphatic heterocycles. The normalized spacial score (nSPS) is 16.8. The van der Waals surface area contributed by atoms with E-state index in [1.807, 2.05) is 30.6 Å². The number of nitrogens with zero attached hydrogens (tertiary/aromatic N) is 2. The van der Waals surface area contributed by atoms with Crippen LogP contribution in [0.1, 0.15) is 36.9 Å². The maximum absolute atomic E-state index is 5.90. The third kappa shape index (κ3) is 3.39. The minimum atomic E-state index is -0.0555. The maximum atomic E-state index is 5.90. The molecule has 21 heavy (non-hydrogen) atoms. The summed E-state index contributed by atoms with van der Waals surface area (Å²) in [7, 11) is 0. The summed E-state index contributed by atoms with van der Waals surface area (Å²) in [5.41, 5.74) is 2.34. The Kier molecular flexibility index (Phi) is 4.15. The molecule has 2 heterocycles. The SMILES string of the molecule is CC(C)CNCc1cnc(C2Cc3ccccc3O2)nc1. The van der Waals surface area contributed by atoms with Gasteiger partial charge in [0.2, 0.25) is 0 Å². The second kappa shape index (κ2) is 6.22. The molecule has 1 aliphatic rings. The van der Waals surface area contributed by atoms with Gasteiger partial charge in [0.1, 0.15) is 5.75 Å². The van der Waals surface area contributed by atoms with Gasteiger partial charge in [-0.15, -0.1) is 0 Å². The predicted octanol–water partition coefficient (Wildman–Crippen LogP) is 2.90. The van der Waals surface area contributed by atoms with Crippen LogP contribution in [0, 0.1) is 5.92 Å². The summed E-state index contributed by atoms with van der Waals surface area (Å²) in [5, 5.41) is 3.39. The summed E-state index contributed by atoms with van der Waals surface area (Å²) in [6.45, 7) is 6.20. The standard InChI is InChI=1S/C17H21N3O/c1-12(2)8-18-9-13-10-19-17(20-11-13)16-7-14-5-3-4-6-15(14)21-16/h3-6,10-12,16,18H,7-9H2,1-2H3. The fraction of sp³-hybridized carbons (Fsp3) is 0.412. The van der Waals surface area contributed by atoms with E-state index in [0.717, 1.165) is 36.6 Å². The van der Waals surface area contributed by atoms with Crippen molar-refractivity contribution in [2.24, 2.45) is 5.92 Å².